The molecule has 2 aromatic carbocycles. The van der Waals surface area contributed by atoms with Crippen molar-refractivity contribution in [2.75, 3.05) is 13.2 Å². The van der Waals surface area contributed by atoms with Crippen molar-refractivity contribution < 1.29 is 24.2 Å². The first-order valence-electron chi connectivity index (χ1n) is 12.0. The molecular formula is C29H37NO5. The Morgan fingerprint density at radius 2 is 1.91 bits per heavy atom. The van der Waals surface area contributed by atoms with Gasteiger partial charge in [-0.2, -0.15) is 0 Å². The SMILES string of the molecule is C=CCCCOc1cccc(C)c1-c1cc(C)cc([C@H](CC(=O)OCC)NC(=O)[C@H](O)CC=C)c1. The number of esters is 1. The molecule has 2 atom stereocenters. The standard InChI is InChI=1S/C29H37NO5/c1-6-9-10-15-35-26-14-11-13-21(5)28(26)23-17-20(4)16-22(18-23)24(19-27(32)34-8-3)30-29(33)25(31)12-7-2/h6-7,11,13-14,16-18,24-25,31H,1-2,8-10,12,15,19H2,3-5H3,(H,30,33)/t24-,25+/m0/s1. The Morgan fingerprint density at radius 3 is 2.60 bits per heavy atom. The molecule has 6 heteroatoms. The lowest BCUT2D eigenvalue weighted by atomic mass is 9.92. The molecule has 0 fully saturated rings. The van der Waals surface area contributed by atoms with Crippen LogP contribution in [0.2, 0.25) is 0 Å². The highest BCUT2D eigenvalue weighted by molar-refractivity contribution is 5.82. The average molecular weight is 480 g/mol. The van der Waals surface area contributed by atoms with E-state index in [1.54, 1.807) is 6.92 Å². The summed E-state index contributed by atoms with van der Waals surface area (Å²) in [6.45, 7) is 13.9. The number of carbonyl (C=O) groups is 2. The topological polar surface area (TPSA) is 84.9 Å². The number of aliphatic hydroxyl groups is 1. The third-order valence-corrected chi connectivity index (χ3v) is 5.52. The minimum absolute atomic E-state index is 0.0536. The first-order chi connectivity index (χ1) is 16.8. The summed E-state index contributed by atoms with van der Waals surface area (Å²) in [5, 5.41) is 12.9. The lowest BCUT2D eigenvalue weighted by molar-refractivity contribution is -0.144. The quantitative estimate of drug-likeness (QED) is 0.216. The number of hydrogen-bond donors (Lipinski definition) is 2. The smallest absolute Gasteiger partial charge is 0.308 e. The van der Waals surface area contributed by atoms with Gasteiger partial charge in [0.05, 0.1) is 25.7 Å². The van der Waals surface area contributed by atoms with Crippen LogP contribution in [0.4, 0.5) is 0 Å². The molecule has 0 aliphatic rings. The maximum atomic E-state index is 12.6. The fourth-order valence-corrected chi connectivity index (χ4v) is 3.87. The second-order valence-corrected chi connectivity index (χ2v) is 8.47. The van der Waals surface area contributed by atoms with Gasteiger partial charge in [-0.25, -0.2) is 0 Å². The monoisotopic (exact) mass is 479 g/mol. The van der Waals surface area contributed by atoms with E-state index in [0.717, 1.165) is 46.4 Å². The van der Waals surface area contributed by atoms with Gasteiger partial charge in [-0.3, -0.25) is 9.59 Å². The van der Waals surface area contributed by atoms with Gasteiger partial charge in [0, 0.05) is 12.0 Å². The van der Waals surface area contributed by atoms with Crippen molar-refractivity contribution in [2.45, 2.75) is 58.6 Å². The molecular weight excluding hydrogens is 442 g/mol. The molecule has 0 aliphatic heterocycles. The third kappa shape index (κ3) is 8.41. The van der Waals surface area contributed by atoms with Gasteiger partial charge in [0.15, 0.2) is 0 Å². The van der Waals surface area contributed by atoms with Crippen molar-refractivity contribution in [1.82, 2.24) is 5.32 Å². The first kappa shape index (κ1) is 27.9. The zero-order valence-electron chi connectivity index (χ0n) is 21.0. The zero-order valence-corrected chi connectivity index (χ0v) is 21.0. The summed E-state index contributed by atoms with van der Waals surface area (Å²) in [5.74, 6) is -0.219. The summed E-state index contributed by atoms with van der Waals surface area (Å²) in [4.78, 5) is 24.9. The number of allylic oxidation sites excluding steroid dienone is 1. The van der Waals surface area contributed by atoms with Crippen LogP contribution in [0, 0.1) is 13.8 Å². The van der Waals surface area contributed by atoms with Crippen LogP contribution in [0.15, 0.2) is 61.7 Å². The van der Waals surface area contributed by atoms with Crippen molar-refractivity contribution in [3.8, 4) is 16.9 Å². The largest absolute Gasteiger partial charge is 0.493 e. The van der Waals surface area contributed by atoms with E-state index in [9.17, 15) is 14.7 Å². The highest BCUT2D eigenvalue weighted by atomic mass is 16.5. The van der Waals surface area contributed by atoms with E-state index >= 15 is 0 Å². The highest BCUT2D eigenvalue weighted by Crippen LogP contribution is 2.36. The first-order valence-corrected chi connectivity index (χ1v) is 12.0. The Labute approximate surface area is 208 Å². The molecule has 0 radical (unpaired) electrons. The number of benzene rings is 2. The maximum absolute atomic E-state index is 12.6. The van der Waals surface area contributed by atoms with Crippen LogP contribution in [0.5, 0.6) is 5.75 Å². The molecule has 0 bridgehead atoms. The second kappa shape index (κ2) is 14.1. The number of rotatable bonds is 14. The Hall–Kier alpha value is -3.38. The molecule has 6 nitrogen and oxygen atoms in total. The molecule has 35 heavy (non-hydrogen) atoms. The fraction of sp³-hybridized carbons (Fsp3) is 0.379. The van der Waals surface area contributed by atoms with E-state index in [0.29, 0.717) is 6.61 Å². The van der Waals surface area contributed by atoms with Crippen LogP contribution in [0.1, 0.15) is 55.3 Å². The van der Waals surface area contributed by atoms with Crippen LogP contribution in [-0.4, -0.2) is 36.3 Å². The molecule has 0 saturated heterocycles. The zero-order chi connectivity index (χ0) is 25.8. The number of carbonyl (C=O) groups excluding carboxylic acids is 2. The van der Waals surface area contributed by atoms with Gasteiger partial charge in [0.1, 0.15) is 11.9 Å². The number of unbranched alkanes of at least 4 members (excludes halogenated alkanes) is 1. The minimum atomic E-state index is -1.24. The second-order valence-electron chi connectivity index (χ2n) is 8.47. The van der Waals surface area contributed by atoms with E-state index in [2.05, 4.69) is 24.5 Å². The average Bonchev–Trinajstić information content (AvgIpc) is 2.81. The van der Waals surface area contributed by atoms with Crippen LogP contribution in [-0.2, 0) is 14.3 Å². The predicted molar refractivity (Wildman–Crippen MR) is 139 cm³/mol. The summed E-state index contributed by atoms with van der Waals surface area (Å²) < 4.78 is 11.2. The summed E-state index contributed by atoms with van der Waals surface area (Å²) in [6, 6.07) is 11.2. The molecule has 0 unspecified atom stereocenters. The molecule has 0 aromatic heterocycles. The van der Waals surface area contributed by atoms with E-state index in [1.807, 2.05) is 50.3 Å². The number of aryl methyl sites for hydroxylation is 2. The molecule has 2 N–H and O–H groups in total. The fourth-order valence-electron chi connectivity index (χ4n) is 3.87. The molecule has 0 aliphatic carbocycles. The van der Waals surface area contributed by atoms with E-state index in [-0.39, 0.29) is 19.4 Å². The molecule has 0 spiro atoms. The van der Waals surface area contributed by atoms with Gasteiger partial charge in [-0.05, 0) is 62.4 Å². The molecule has 2 rings (SSSR count). The Morgan fingerprint density at radius 1 is 1.14 bits per heavy atom. The number of aliphatic hydroxyl groups excluding tert-OH is 1. The predicted octanol–water partition coefficient (Wildman–Crippen LogP) is 5.36. The van der Waals surface area contributed by atoms with Crippen LogP contribution >= 0.6 is 0 Å². The van der Waals surface area contributed by atoms with Crippen LogP contribution in [0.3, 0.4) is 0 Å². The summed E-state index contributed by atoms with van der Waals surface area (Å²) in [5.41, 5.74) is 4.65. The molecule has 0 saturated carbocycles. The lowest BCUT2D eigenvalue weighted by Crippen LogP contribution is -2.38. The Kier molecular flexibility index (Phi) is 11.2. The van der Waals surface area contributed by atoms with Gasteiger partial charge in [-0.1, -0.05) is 42.0 Å². The Balaban J connectivity index is 2.46. The number of amides is 1. The van der Waals surface area contributed by atoms with E-state index in [4.69, 9.17) is 9.47 Å². The minimum Gasteiger partial charge on any atom is -0.493 e. The number of ether oxygens (including phenoxy) is 2. The van der Waals surface area contributed by atoms with Crippen molar-refractivity contribution in [3.63, 3.8) is 0 Å². The number of nitrogens with one attached hydrogen (secondary N) is 1. The van der Waals surface area contributed by atoms with Crippen molar-refractivity contribution >= 4 is 11.9 Å². The van der Waals surface area contributed by atoms with Crippen molar-refractivity contribution in [2.24, 2.45) is 0 Å². The van der Waals surface area contributed by atoms with Crippen LogP contribution < -0.4 is 10.1 Å². The van der Waals surface area contributed by atoms with Gasteiger partial charge in [0.2, 0.25) is 5.91 Å². The lowest BCUT2D eigenvalue weighted by Gasteiger charge is -2.22. The Bertz CT molecular complexity index is 1030. The van der Waals surface area contributed by atoms with Gasteiger partial charge in [0.25, 0.3) is 0 Å². The molecule has 1 amide bonds. The van der Waals surface area contributed by atoms with E-state index in [1.165, 1.54) is 6.08 Å². The third-order valence-electron chi connectivity index (χ3n) is 5.52. The summed E-state index contributed by atoms with van der Waals surface area (Å²) >= 11 is 0. The molecule has 2 aromatic rings. The van der Waals surface area contributed by atoms with Gasteiger partial charge in [-0.15, -0.1) is 13.2 Å². The summed E-state index contributed by atoms with van der Waals surface area (Å²) in [7, 11) is 0. The van der Waals surface area contributed by atoms with Gasteiger partial charge >= 0.3 is 5.97 Å². The van der Waals surface area contributed by atoms with Crippen molar-refractivity contribution in [1.29, 1.82) is 0 Å². The van der Waals surface area contributed by atoms with Crippen LogP contribution in [0.25, 0.3) is 11.1 Å². The van der Waals surface area contributed by atoms with E-state index < -0.39 is 24.0 Å². The summed E-state index contributed by atoms with van der Waals surface area (Å²) in [6.07, 6.45) is 3.92. The van der Waals surface area contributed by atoms with Crippen molar-refractivity contribution in [3.05, 3.63) is 78.4 Å². The molecule has 188 valence electrons. The highest BCUT2D eigenvalue weighted by Gasteiger charge is 2.24. The molecule has 0 heterocycles. The van der Waals surface area contributed by atoms with Gasteiger partial charge < -0.3 is 19.9 Å². The number of hydrogen-bond acceptors (Lipinski definition) is 5. The maximum Gasteiger partial charge on any atom is 0.308 e. The normalized spacial score (nSPS) is 12.3.